The number of furan rings is 2. The van der Waals surface area contributed by atoms with Crippen molar-refractivity contribution in [1.29, 1.82) is 0 Å². The Hall–Kier alpha value is -2.53. The Balaban J connectivity index is 1.80. The van der Waals surface area contributed by atoms with Crippen LogP contribution >= 0.6 is 0 Å². The second-order valence-electron chi connectivity index (χ2n) is 5.48. The van der Waals surface area contributed by atoms with Crippen LogP contribution in [0.25, 0.3) is 11.0 Å². The molecule has 2 heterocycles. The van der Waals surface area contributed by atoms with Gasteiger partial charge in [-0.1, -0.05) is 18.2 Å². The maximum atomic E-state index is 12.5. The summed E-state index contributed by atoms with van der Waals surface area (Å²) in [6.45, 7) is 2.27. The molecule has 1 amide bonds. The number of rotatable bonds is 5. The highest BCUT2D eigenvalue weighted by atomic mass is 16.5. The van der Waals surface area contributed by atoms with Gasteiger partial charge in [0.15, 0.2) is 5.76 Å². The van der Waals surface area contributed by atoms with E-state index in [4.69, 9.17) is 13.6 Å². The molecule has 0 radical (unpaired) electrons. The van der Waals surface area contributed by atoms with Gasteiger partial charge in [-0.3, -0.25) is 4.79 Å². The molecule has 0 N–H and O–H groups in total. The molecule has 0 bridgehead atoms. The molecule has 3 rings (SSSR count). The van der Waals surface area contributed by atoms with E-state index in [1.807, 2.05) is 37.3 Å². The average Bonchev–Trinajstić information content (AvgIpc) is 3.19. The van der Waals surface area contributed by atoms with Gasteiger partial charge in [0.05, 0.1) is 6.04 Å². The van der Waals surface area contributed by atoms with Gasteiger partial charge in [-0.25, -0.2) is 0 Å². The molecule has 5 nitrogen and oxygen atoms in total. The number of hydrogen-bond acceptors (Lipinski definition) is 4. The quantitative estimate of drug-likeness (QED) is 0.714. The smallest absolute Gasteiger partial charge is 0.289 e. The Morgan fingerprint density at radius 3 is 2.74 bits per heavy atom. The first-order valence-electron chi connectivity index (χ1n) is 7.43. The van der Waals surface area contributed by atoms with E-state index in [-0.39, 0.29) is 11.9 Å². The molecule has 5 heteroatoms. The van der Waals surface area contributed by atoms with Gasteiger partial charge < -0.3 is 18.5 Å². The number of hydrogen-bond donors (Lipinski definition) is 0. The summed E-state index contributed by atoms with van der Waals surface area (Å²) >= 11 is 0. The zero-order chi connectivity index (χ0) is 16.4. The van der Waals surface area contributed by atoms with E-state index in [0.29, 0.717) is 18.1 Å². The fourth-order valence-electron chi connectivity index (χ4n) is 2.46. The third kappa shape index (κ3) is 3.00. The van der Waals surface area contributed by atoms with Crippen molar-refractivity contribution in [1.82, 2.24) is 4.90 Å². The lowest BCUT2D eigenvalue weighted by atomic mass is 10.2. The molecule has 1 atom stereocenters. The first-order valence-corrected chi connectivity index (χ1v) is 7.43. The van der Waals surface area contributed by atoms with Crippen molar-refractivity contribution in [2.24, 2.45) is 0 Å². The van der Waals surface area contributed by atoms with E-state index in [9.17, 15) is 4.79 Å². The van der Waals surface area contributed by atoms with Crippen LogP contribution in [0.1, 0.15) is 35.0 Å². The Kier molecular flexibility index (Phi) is 4.21. The van der Waals surface area contributed by atoms with Crippen LogP contribution in [-0.2, 0) is 11.3 Å². The van der Waals surface area contributed by atoms with Gasteiger partial charge in [-0.05, 0) is 31.2 Å². The molecule has 120 valence electrons. The Morgan fingerprint density at radius 2 is 2.00 bits per heavy atom. The van der Waals surface area contributed by atoms with Gasteiger partial charge in [0.1, 0.15) is 23.7 Å². The number of carbonyl (C=O) groups excluding carboxylic acids is 1. The fraction of sp³-hybridized carbons (Fsp3) is 0.278. The molecule has 0 saturated carbocycles. The lowest BCUT2D eigenvalue weighted by molar-refractivity contribution is 0.0688. The summed E-state index contributed by atoms with van der Waals surface area (Å²) < 4.78 is 16.3. The predicted molar refractivity (Wildman–Crippen MR) is 86.1 cm³/mol. The number of nitrogens with zero attached hydrogens (tertiary/aromatic N) is 1. The topological polar surface area (TPSA) is 55.8 Å². The molecule has 0 spiro atoms. The van der Waals surface area contributed by atoms with E-state index in [2.05, 4.69) is 0 Å². The van der Waals surface area contributed by atoms with Crippen LogP contribution in [0.5, 0.6) is 0 Å². The number of methoxy groups -OCH3 is 1. The summed E-state index contributed by atoms with van der Waals surface area (Å²) in [4.78, 5) is 14.1. The van der Waals surface area contributed by atoms with Gasteiger partial charge in [0.2, 0.25) is 0 Å². The number of ether oxygens (including phenoxy) is 1. The summed E-state index contributed by atoms with van der Waals surface area (Å²) in [5, 5.41) is 1.02. The SMILES string of the molecule is COCc1ccc(C(=O)N(C)C(C)c2cc3ccccc3o2)o1. The maximum Gasteiger partial charge on any atom is 0.289 e. The molecule has 0 fully saturated rings. The highest BCUT2D eigenvalue weighted by molar-refractivity contribution is 5.91. The molecule has 0 aliphatic rings. The van der Waals surface area contributed by atoms with Crippen molar-refractivity contribution in [2.75, 3.05) is 14.2 Å². The number of carbonyl (C=O) groups is 1. The minimum Gasteiger partial charge on any atom is -0.459 e. The van der Waals surface area contributed by atoms with E-state index < -0.39 is 0 Å². The lowest BCUT2D eigenvalue weighted by Crippen LogP contribution is -2.29. The molecule has 0 saturated heterocycles. The number of fused-ring (bicyclic) bond motifs is 1. The predicted octanol–water partition coefficient (Wildman–Crippen LogP) is 4.01. The fourth-order valence-corrected chi connectivity index (χ4v) is 2.46. The summed E-state index contributed by atoms with van der Waals surface area (Å²) in [6.07, 6.45) is 0. The normalized spacial score (nSPS) is 12.5. The van der Waals surface area contributed by atoms with E-state index in [0.717, 1.165) is 16.7 Å². The average molecular weight is 313 g/mol. The molecule has 3 aromatic rings. The number of benzene rings is 1. The van der Waals surface area contributed by atoms with Crippen LogP contribution in [0.4, 0.5) is 0 Å². The first-order chi connectivity index (χ1) is 11.1. The molecule has 1 aromatic carbocycles. The van der Waals surface area contributed by atoms with Crippen molar-refractivity contribution in [3.8, 4) is 0 Å². The van der Waals surface area contributed by atoms with Crippen molar-refractivity contribution in [2.45, 2.75) is 19.6 Å². The highest BCUT2D eigenvalue weighted by Crippen LogP contribution is 2.27. The summed E-state index contributed by atoms with van der Waals surface area (Å²) in [7, 11) is 3.32. The molecular weight excluding hydrogens is 294 g/mol. The van der Waals surface area contributed by atoms with Gasteiger partial charge in [-0.2, -0.15) is 0 Å². The first kappa shape index (κ1) is 15.4. The maximum absolute atomic E-state index is 12.5. The minimum absolute atomic E-state index is 0.194. The lowest BCUT2D eigenvalue weighted by Gasteiger charge is -2.22. The van der Waals surface area contributed by atoms with Gasteiger partial charge in [-0.15, -0.1) is 0 Å². The van der Waals surface area contributed by atoms with Crippen molar-refractivity contribution in [3.05, 3.63) is 59.7 Å². The monoisotopic (exact) mass is 313 g/mol. The van der Waals surface area contributed by atoms with Crippen LogP contribution in [0.15, 0.2) is 51.3 Å². The third-order valence-electron chi connectivity index (χ3n) is 3.92. The summed E-state index contributed by atoms with van der Waals surface area (Å²) in [5.74, 6) is 1.47. The standard InChI is InChI=1S/C18H19NO4/c1-12(17-10-13-6-4-5-7-15(13)23-17)19(2)18(20)16-9-8-14(22-16)11-21-3/h4-10,12H,11H2,1-3H3. The van der Waals surface area contributed by atoms with Gasteiger partial charge in [0, 0.05) is 19.5 Å². The van der Waals surface area contributed by atoms with Crippen molar-refractivity contribution < 1.29 is 18.4 Å². The number of para-hydroxylation sites is 1. The van der Waals surface area contributed by atoms with Gasteiger partial charge in [0.25, 0.3) is 5.91 Å². The van der Waals surface area contributed by atoms with Crippen molar-refractivity contribution >= 4 is 16.9 Å². The minimum atomic E-state index is -0.203. The molecule has 0 aliphatic heterocycles. The van der Waals surface area contributed by atoms with E-state index >= 15 is 0 Å². The molecule has 2 aromatic heterocycles. The van der Waals surface area contributed by atoms with E-state index in [1.165, 1.54) is 0 Å². The number of amides is 1. The van der Waals surface area contributed by atoms with E-state index in [1.54, 1.807) is 31.2 Å². The zero-order valence-electron chi connectivity index (χ0n) is 13.4. The largest absolute Gasteiger partial charge is 0.459 e. The van der Waals surface area contributed by atoms with Crippen LogP contribution in [-0.4, -0.2) is 25.0 Å². The molecule has 0 aliphatic carbocycles. The second kappa shape index (κ2) is 6.30. The van der Waals surface area contributed by atoms with Crippen LogP contribution in [0.3, 0.4) is 0 Å². The molecule has 23 heavy (non-hydrogen) atoms. The Labute approximate surface area is 134 Å². The Morgan fingerprint density at radius 1 is 1.22 bits per heavy atom. The molecule has 1 unspecified atom stereocenters. The van der Waals surface area contributed by atoms with Gasteiger partial charge >= 0.3 is 0 Å². The summed E-state index contributed by atoms with van der Waals surface area (Å²) in [6, 6.07) is 13.0. The van der Waals surface area contributed by atoms with Crippen LogP contribution in [0, 0.1) is 0 Å². The zero-order valence-corrected chi connectivity index (χ0v) is 13.4. The Bertz CT molecular complexity index is 784. The van der Waals surface area contributed by atoms with Crippen LogP contribution < -0.4 is 0 Å². The second-order valence-corrected chi connectivity index (χ2v) is 5.48. The van der Waals surface area contributed by atoms with Crippen LogP contribution in [0.2, 0.25) is 0 Å². The highest BCUT2D eigenvalue weighted by Gasteiger charge is 2.24. The molecular formula is C18H19NO4. The van der Waals surface area contributed by atoms with Crippen molar-refractivity contribution in [3.63, 3.8) is 0 Å². The third-order valence-corrected chi connectivity index (χ3v) is 3.92. The summed E-state index contributed by atoms with van der Waals surface area (Å²) in [5.41, 5.74) is 0.815.